The Morgan fingerprint density at radius 2 is 1.89 bits per heavy atom. The van der Waals surface area contributed by atoms with Crippen molar-refractivity contribution < 1.29 is 17.9 Å². The number of ether oxygens (including phenoxy) is 2. The molecule has 2 atom stereocenters. The van der Waals surface area contributed by atoms with Crippen molar-refractivity contribution >= 4 is 25.8 Å². The predicted octanol–water partition coefficient (Wildman–Crippen LogP) is 1.64. The number of para-hydroxylation sites is 1. The SMILES string of the molecule is O=S1(=O)CC(Br)C(OCCOc2ccccc2)C1. The molecule has 0 aromatic heterocycles. The van der Waals surface area contributed by atoms with Crippen LogP contribution in [0.4, 0.5) is 0 Å². The quantitative estimate of drug-likeness (QED) is 0.606. The standard InChI is InChI=1S/C12H15BrO4S/c13-11-8-18(14,15)9-12(11)17-7-6-16-10-4-2-1-3-5-10/h1-5,11-12H,6-9H2. The second-order valence-electron chi connectivity index (χ2n) is 4.16. The fourth-order valence-corrected chi connectivity index (χ4v) is 5.26. The third kappa shape index (κ3) is 3.96. The molecule has 1 heterocycles. The molecule has 1 aromatic rings. The molecule has 1 fully saturated rings. The summed E-state index contributed by atoms with van der Waals surface area (Å²) in [6.45, 7) is 0.803. The van der Waals surface area contributed by atoms with Gasteiger partial charge in [-0.25, -0.2) is 8.42 Å². The maximum Gasteiger partial charge on any atom is 0.154 e. The summed E-state index contributed by atoms with van der Waals surface area (Å²) in [5.41, 5.74) is 0. The van der Waals surface area contributed by atoms with E-state index in [2.05, 4.69) is 15.9 Å². The Hall–Kier alpha value is -0.590. The lowest BCUT2D eigenvalue weighted by Crippen LogP contribution is -2.24. The van der Waals surface area contributed by atoms with Crippen LogP contribution in [-0.4, -0.2) is 44.1 Å². The lowest BCUT2D eigenvalue weighted by molar-refractivity contribution is 0.0526. The summed E-state index contributed by atoms with van der Waals surface area (Å²) in [5, 5.41) is 0. The van der Waals surface area contributed by atoms with Crippen LogP contribution in [-0.2, 0) is 14.6 Å². The van der Waals surface area contributed by atoms with E-state index >= 15 is 0 Å². The Morgan fingerprint density at radius 3 is 2.50 bits per heavy atom. The smallest absolute Gasteiger partial charge is 0.154 e. The van der Waals surface area contributed by atoms with Crippen molar-refractivity contribution in [2.45, 2.75) is 10.9 Å². The fourth-order valence-electron chi connectivity index (χ4n) is 1.80. The first-order valence-electron chi connectivity index (χ1n) is 5.71. The largest absolute Gasteiger partial charge is 0.491 e. The maximum absolute atomic E-state index is 11.4. The Balaban J connectivity index is 1.70. The number of hydrogen-bond donors (Lipinski definition) is 0. The summed E-state index contributed by atoms with van der Waals surface area (Å²) in [6, 6.07) is 9.45. The molecule has 1 aliphatic rings. The van der Waals surface area contributed by atoms with Gasteiger partial charge < -0.3 is 9.47 Å². The number of hydrogen-bond acceptors (Lipinski definition) is 4. The zero-order chi connectivity index (χ0) is 13.0. The lowest BCUT2D eigenvalue weighted by atomic mass is 10.3. The van der Waals surface area contributed by atoms with E-state index in [0.717, 1.165) is 5.75 Å². The van der Waals surface area contributed by atoms with Crippen molar-refractivity contribution in [1.29, 1.82) is 0 Å². The van der Waals surface area contributed by atoms with Gasteiger partial charge in [-0.2, -0.15) is 0 Å². The molecule has 2 rings (SSSR count). The highest BCUT2D eigenvalue weighted by molar-refractivity contribution is 9.09. The second kappa shape index (κ2) is 6.04. The van der Waals surface area contributed by atoms with Crippen molar-refractivity contribution in [2.24, 2.45) is 0 Å². The normalized spacial score (nSPS) is 26.1. The van der Waals surface area contributed by atoms with E-state index in [0.29, 0.717) is 13.2 Å². The third-order valence-corrected chi connectivity index (χ3v) is 5.71. The minimum atomic E-state index is -2.95. The fraction of sp³-hybridized carbons (Fsp3) is 0.500. The van der Waals surface area contributed by atoms with Crippen LogP contribution in [0.25, 0.3) is 0 Å². The molecular formula is C12H15BrO4S. The molecule has 0 aliphatic carbocycles. The summed E-state index contributed by atoms with van der Waals surface area (Å²) in [5.74, 6) is 1.03. The van der Waals surface area contributed by atoms with E-state index in [4.69, 9.17) is 9.47 Å². The van der Waals surface area contributed by atoms with Gasteiger partial charge in [-0.1, -0.05) is 34.1 Å². The van der Waals surface area contributed by atoms with Gasteiger partial charge in [0.2, 0.25) is 0 Å². The third-order valence-electron chi connectivity index (χ3n) is 2.66. The minimum Gasteiger partial charge on any atom is -0.491 e. The topological polar surface area (TPSA) is 52.6 Å². The molecule has 0 radical (unpaired) electrons. The van der Waals surface area contributed by atoms with Crippen LogP contribution >= 0.6 is 15.9 Å². The van der Waals surface area contributed by atoms with Crippen LogP contribution in [0, 0.1) is 0 Å². The average Bonchev–Trinajstić information content (AvgIpc) is 2.59. The zero-order valence-electron chi connectivity index (χ0n) is 9.79. The maximum atomic E-state index is 11.4. The number of alkyl halides is 1. The lowest BCUT2D eigenvalue weighted by Gasteiger charge is -2.14. The van der Waals surface area contributed by atoms with Crippen molar-refractivity contribution in [3.8, 4) is 5.75 Å². The summed E-state index contributed by atoms with van der Waals surface area (Å²) >= 11 is 3.33. The summed E-state index contributed by atoms with van der Waals surface area (Å²) < 4.78 is 33.7. The van der Waals surface area contributed by atoms with Gasteiger partial charge in [-0.3, -0.25) is 0 Å². The molecule has 1 aromatic carbocycles. The van der Waals surface area contributed by atoms with Crippen molar-refractivity contribution in [3.05, 3.63) is 30.3 Å². The van der Waals surface area contributed by atoms with Crippen molar-refractivity contribution in [1.82, 2.24) is 0 Å². The van der Waals surface area contributed by atoms with Gasteiger partial charge in [-0.05, 0) is 12.1 Å². The van der Waals surface area contributed by atoms with Gasteiger partial charge in [0.1, 0.15) is 12.4 Å². The van der Waals surface area contributed by atoms with Crippen LogP contribution in [0.15, 0.2) is 30.3 Å². The summed E-state index contributed by atoms with van der Waals surface area (Å²) in [6.07, 6.45) is -0.269. The van der Waals surface area contributed by atoms with E-state index in [1.807, 2.05) is 30.3 Å². The van der Waals surface area contributed by atoms with Gasteiger partial charge in [-0.15, -0.1) is 0 Å². The van der Waals surface area contributed by atoms with Crippen LogP contribution in [0.3, 0.4) is 0 Å². The highest BCUT2D eigenvalue weighted by atomic mass is 79.9. The van der Waals surface area contributed by atoms with E-state index in [9.17, 15) is 8.42 Å². The van der Waals surface area contributed by atoms with Crippen molar-refractivity contribution in [2.75, 3.05) is 24.7 Å². The van der Waals surface area contributed by atoms with E-state index in [-0.39, 0.29) is 22.4 Å². The Morgan fingerprint density at radius 1 is 1.17 bits per heavy atom. The number of rotatable bonds is 5. The minimum absolute atomic E-state index is 0.0915. The van der Waals surface area contributed by atoms with E-state index < -0.39 is 9.84 Å². The number of halogens is 1. The van der Waals surface area contributed by atoms with Crippen molar-refractivity contribution in [3.63, 3.8) is 0 Å². The zero-order valence-corrected chi connectivity index (χ0v) is 12.2. The first-order valence-corrected chi connectivity index (χ1v) is 8.44. The van der Waals surface area contributed by atoms with E-state index in [1.54, 1.807) is 0 Å². The monoisotopic (exact) mass is 334 g/mol. The molecule has 18 heavy (non-hydrogen) atoms. The van der Waals surface area contributed by atoms with Gasteiger partial charge in [0, 0.05) is 0 Å². The number of sulfone groups is 1. The summed E-state index contributed by atoms with van der Waals surface area (Å²) in [7, 11) is -2.95. The molecule has 100 valence electrons. The molecule has 0 saturated carbocycles. The van der Waals surface area contributed by atoms with Gasteiger partial charge in [0.15, 0.2) is 9.84 Å². The van der Waals surface area contributed by atoms with Crippen LogP contribution in [0.5, 0.6) is 5.75 Å². The first kappa shape index (κ1) is 13.8. The van der Waals surface area contributed by atoms with E-state index in [1.165, 1.54) is 0 Å². The molecule has 0 bridgehead atoms. The van der Waals surface area contributed by atoms with Gasteiger partial charge in [0.05, 0.1) is 29.0 Å². The van der Waals surface area contributed by atoms with Crippen LogP contribution < -0.4 is 4.74 Å². The molecule has 0 amide bonds. The Labute approximate surface area is 115 Å². The molecule has 2 unspecified atom stereocenters. The average molecular weight is 335 g/mol. The van der Waals surface area contributed by atoms with Crippen LogP contribution in [0.1, 0.15) is 0 Å². The summed E-state index contributed by atoms with van der Waals surface area (Å²) in [4.78, 5) is -0.112. The molecule has 1 saturated heterocycles. The van der Waals surface area contributed by atoms with Crippen LogP contribution in [0.2, 0.25) is 0 Å². The van der Waals surface area contributed by atoms with Gasteiger partial charge in [0.25, 0.3) is 0 Å². The highest BCUT2D eigenvalue weighted by Gasteiger charge is 2.36. The van der Waals surface area contributed by atoms with Gasteiger partial charge >= 0.3 is 0 Å². The number of benzene rings is 1. The first-order chi connectivity index (χ1) is 8.57. The molecule has 0 N–H and O–H groups in total. The predicted molar refractivity (Wildman–Crippen MR) is 73.0 cm³/mol. The second-order valence-corrected chi connectivity index (χ2v) is 7.49. The Kier molecular flexibility index (Phi) is 4.64. The molecule has 4 nitrogen and oxygen atoms in total. The molecule has 1 aliphatic heterocycles. The Bertz CT molecular complexity index is 474. The molecule has 0 spiro atoms. The molecular weight excluding hydrogens is 320 g/mol. The molecule has 6 heteroatoms. The highest BCUT2D eigenvalue weighted by Crippen LogP contribution is 2.22.